The second-order valence-electron chi connectivity index (χ2n) is 8.11. The summed E-state index contributed by atoms with van der Waals surface area (Å²) < 4.78 is 0. The van der Waals surface area contributed by atoms with E-state index in [2.05, 4.69) is 90.6 Å². The van der Waals surface area contributed by atoms with Crippen molar-refractivity contribution >= 4 is 23.1 Å². The van der Waals surface area contributed by atoms with Crippen LogP contribution in [0.15, 0.2) is 54.7 Å². The fourth-order valence-electron chi connectivity index (χ4n) is 3.71. The first-order chi connectivity index (χ1) is 12.9. The number of nitrogens with one attached hydrogen (secondary N) is 1. The van der Waals surface area contributed by atoms with Gasteiger partial charge in [-0.25, -0.2) is 0 Å². The predicted molar refractivity (Wildman–Crippen MR) is 110 cm³/mol. The highest BCUT2D eigenvalue weighted by molar-refractivity contribution is 5.68. The third-order valence-corrected chi connectivity index (χ3v) is 4.97. The summed E-state index contributed by atoms with van der Waals surface area (Å²) in [5.74, 6) is 1.33. The molecule has 2 heterocycles. The lowest BCUT2D eigenvalue weighted by atomic mass is 9.86. The summed E-state index contributed by atoms with van der Waals surface area (Å²) in [5, 5.41) is 12.0. The Balaban J connectivity index is 1.67. The number of fused-ring (bicyclic) bond motifs is 1. The van der Waals surface area contributed by atoms with E-state index in [9.17, 15) is 0 Å². The van der Waals surface area contributed by atoms with E-state index in [1.165, 1.54) is 16.8 Å². The van der Waals surface area contributed by atoms with Gasteiger partial charge in [0.25, 0.3) is 5.95 Å². The fraction of sp³-hybridized carbons (Fsp3) is 0.318. The number of hydrogen-bond acceptors (Lipinski definition) is 5. The van der Waals surface area contributed by atoms with Crippen LogP contribution in [0.5, 0.6) is 0 Å². The number of anilines is 4. The average molecular weight is 359 g/mol. The Morgan fingerprint density at radius 1 is 1.04 bits per heavy atom. The summed E-state index contributed by atoms with van der Waals surface area (Å²) in [6.45, 7) is 8.82. The van der Waals surface area contributed by atoms with Crippen LogP contribution in [0.4, 0.5) is 23.1 Å². The van der Waals surface area contributed by atoms with Crippen LogP contribution in [0.3, 0.4) is 0 Å². The summed E-state index contributed by atoms with van der Waals surface area (Å²) in [6, 6.07) is 17.1. The van der Waals surface area contributed by atoms with Gasteiger partial charge in [0, 0.05) is 17.4 Å². The summed E-state index contributed by atoms with van der Waals surface area (Å²) in [4.78, 5) is 6.93. The zero-order valence-electron chi connectivity index (χ0n) is 16.3. The van der Waals surface area contributed by atoms with Gasteiger partial charge in [-0.2, -0.15) is 10.1 Å². The second-order valence-corrected chi connectivity index (χ2v) is 8.11. The van der Waals surface area contributed by atoms with Crippen molar-refractivity contribution in [3.63, 3.8) is 0 Å². The largest absolute Gasteiger partial charge is 0.339 e. The molecule has 27 heavy (non-hydrogen) atoms. The SMILES string of the molecule is CC1Cc2ccccc2N1c1nncc(Nc2ccccc2C(C)(C)C)n1. The van der Waals surface area contributed by atoms with E-state index in [0.29, 0.717) is 17.8 Å². The molecular weight excluding hydrogens is 334 g/mol. The van der Waals surface area contributed by atoms with Gasteiger partial charge < -0.3 is 10.2 Å². The Morgan fingerprint density at radius 2 is 1.78 bits per heavy atom. The summed E-state index contributed by atoms with van der Waals surface area (Å²) in [5.41, 5.74) is 4.82. The maximum absolute atomic E-state index is 4.76. The van der Waals surface area contributed by atoms with Crippen molar-refractivity contribution in [1.29, 1.82) is 0 Å². The van der Waals surface area contributed by atoms with Crippen LogP contribution >= 0.6 is 0 Å². The Kier molecular flexibility index (Phi) is 4.30. The molecule has 5 heteroatoms. The normalized spacial score (nSPS) is 16.3. The predicted octanol–water partition coefficient (Wildman–Crippen LogP) is 5.00. The van der Waals surface area contributed by atoms with Gasteiger partial charge in [0.15, 0.2) is 5.82 Å². The van der Waals surface area contributed by atoms with Crippen molar-refractivity contribution < 1.29 is 0 Å². The lowest BCUT2D eigenvalue weighted by molar-refractivity contribution is 0.592. The molecule has 1 N–H and O–H groups in total. The number of nitrogens with zero attached hydrogens (tertiary/aromatic N) is 4. The van der Waals surface area contributed by atoms with E-state index >= 15 is 0 Å². The first kappa shape index (κ1) is 17.5. The molecule has 0 saturated carbocycles. The topological polar surface area (TPSA) is 53.9 Å². The van der Waals surface area contributed by atoms with Crippen molar-refractivity contribution in [2.75, 3.05) is 10.2 Å². The average Bonchev–Trinajstić information content (AvgIpc) is 2.97. The quantitative estimate of drug-likeness (QED) is 0.713. The molecule has 1 aromatic heterocycles. The monoisotopic (exact) mass is 359 g/mol. The van der Waals surface area contributed by atoms with Gasteiger partial charge in [0.1, 0.15) is 0 Å². The smallest absolute Gasteiger partial charge is 0.252 e. The highest BCUT2D eigenvalue weighted by Gasteiger charge is 2.29. The van der Waals surface area contributed by atoms with Crippen molar-refractivity contribution in [3.8, 4) is 0 Å². The molecule has 0 spiro atoms. The number of benzene rings is 2. The number of para-hydroxylation sites is 2. The second kappa shape index (κ2) is 6.65. The molecule has 0 amide bonds. The van der Waals surface area contributed by atoms with E-state index in [0.717, 1.165) is 12.1 Å². The minimum absolute atomic E-state index is 0.0370. The maximum atomic E-state index is 4.76. The zero-order chi connectivity index (χ0) is 19.0. The molecule has 1 unspecified atom stereocenters. The van der Waals surface area contributed by atoms with E-state index in [1.807, 2.05) is 6.07 Å². The molecule has 3 aromatic rings. The number of aromatic nitrogens is 3. The van der Waals surface area contributed by atoms with Crippen LogP contribution in [0, 0.1) is 0 Å². The van der Waals surface area contributed by atoms with Crippen molar-refractivity contribution in [2.24, 2.45) is 0 Å². The molecule has 1 aliphatic heterocycles. The highest BCUT2D eigenvalue weighted by Crippen LogP contribution is 2.37. The van der Waals surface area contributed by atoms with Crippen LogP contribution in [0.25, 0.3) is 0 Å². The third kappa shape index (κ3) is 3.37. The first-order valence-corrected chi connectivity index (χ1v) is 9.37. The fourth-order valence-corrected chi connectivity index (χ4v) is 3.71. The summed E-state index contributed by atoms with van der Waals surface area (Å²) in [6.07, 6.45) is 2.67. The minimum atomic E-state index is 0.0370. The lowest BCUT2D eigenvalue weighted by Gasteiger charge is -2.24. The van der Waals surface area contributed by atoms with Gasteiger partial charge in [-0.3, -0.25) is 0 Å². The lowest BCUT2D eigenvalue weighted by Crippen LogP contribution is -2.26. The molecule has 138 valence electrons. The summed E-state index contributed by atoms with van der Waals surface area (Å²) >= 11 is 0. The molecule has 0 bridgehead atoms. The van der Waals surface area contributed by atoms with E-state index in [1.54, 1.807) is 6.20 Å². The van der Waals surface area contributed by atoms with E-state index < -0.39 is 0 Å². The molecule has 4 rings (SSSR count). The Morgan fingerprint density at radius 3 is 2.59 bits per heavy atom. The Labute approximate surface area is 160 Å². The zero-order valence-corrected chi connectivity index (χ0v) is 16.3. The molecule has 1 atom stereocenters. The molecule has 0 radical (unpaired) electrons. The van der Waals surface area contributed by atoms with Gasteiger partial charge in [-0.1, -0.05) is 57.2 Å². The Bertz CT molecular complexity index is 961. The first-order valence-electron chi connectivity index (χ1n) is 9.37. The van der Waals surface area contributed by atoms with Gasteiger partial charge in [0.2, 0.25) is 0 Å². The van der Waals surface area contributed by atoms with Crippen molar-refractivity contribution in [3.05, 3.63) is 65.9 Å². The molecule has 5 nitrogen and oxygen atoms in total. The van der Waals surface area contributed by atoms with Gasteiger partial charge in [-0.15, -0.1) is 5.10 Å². The van der Waals surface area contributed by atoms with Crippen molar-refractivity contribution in [2.45, 2.75) is 45.6 Å². The van der Waals surface area contributed by atoms with Crippen LogP contribution < -0.4 is 10.2 Å². The minimum Gasteiger partial charge on any atom is -0.339 e. The molecule has 1 aliphatic rings. The van der Waals surface area contributed by atoms with Crippen LogP contribution in [-0.2, 0) is 11.8 Å². The maximum Gasteiger partial charge on any atom is 0.252 e. The summed E-state index contributed by atoms with van der Waals surface area (Å²) in [7, 11) is 0. The molecule has 0 aliphatic carbocycles. The van der Waals surface area contributed by atoms with Crippen LogP contribution in [0.1, 0.15) is 38.8 Å². The van der Waals surface area contributed by atoms with E-state index in [-0.39, 0.29) is 5.41 Å². The Hall–Kier alpha value is -2.95. The van der Waals surface area contributed by atoms with Crippen molar-refractivity contribution in [1.82, 2.24) is 15.2 Å². The van der Waals surface area contributed by atoms with Gasteiger partial charge in [0.05, 0.1) is 6.20 Å². The number of rotatable bonds is 3. The standard InChI is InChI=1S/C22H25N5/c1-15-13-16-9-5-8-12-19(16)27(15)21-25-20(14-23-26-21)24-18-11-7-6-10-17(18)22(2,3)4/h5-12,14-15H,13H2,1-4H3,(H,24,25,26). The van der Waals surface area contributed by atoms with Crippen LogP contribution in [-0.4, -0.2) is 21.2 Å². The van der Waals surface area contributed by atoms with Gasteiger partial charge >= 0.3 is 0 Å². The van der Waals surface area contributed by atoms with Crippen LogP contribution in [0.2, 0.25) is 0 Å². The molecular formula is C22H25N5. The molecule has 0 fully saturated rings. The third-order valence-electron chi connectivity index (χ3n) is 4.97. The molecule has 0 saturated heterocycles. The number of hydrogen-bond donors (Lipinski definition) is 1. The van der Waals surface area contributed by atoms with E-state index in [4.69, 9.17) is 4.98 Å². The van der Waals surface area contributed by atoms with Gasteiger partial charge in [-0.05, 0) is 42.0 Å². The molecule has 2 aromatic carbocycles. The highest BCUT2D eigenvalue weighted by atomic mass is 15.4.